The topological polar surface area (TPSA) is 76.7 Å². The predicted molar refractivity (Wildman–Crippen MR) is 122 cm³/mol. The minimum atomic E-state index is -0.232. The number of nitrogens with one attached hydrogen (secondary N) is 1. The molecule has 0 amide bonds. The second-order valence-electron chi connectivity index (χ2n) is 7.48. The molecule has 160 valence electrons. The highest BCUT2D eigenvalue weighted by atomic mass is 32.2. The monoisotopic (exact) mass is 446 g/mol. The van der Waals surface area contributed by atoms with Crippen molar-refractivity contribution in [2.75, 3.05) is 5.75 Å². The van der Waals surface area contributed by atoms with E-state index < -0.39 is 0 Å². The molecule has 0 saturated heterocycles. The van der Waals surface area contributed by atoms with Crippen LogP contribution in [0, 0.1) is 5.82 Å². The molecular formula is C24H19FN4O2S. The number of hydrogen-bond donors (Lipinski definition) is 1. The minimum absolute atomic E-state index is 0.0788. The largest absolute Gasteiger partial charge is 0.453 e. The van der Waals surface area contributed by atoms with Gasteiger partial charge in [-0.05, 0) is 61.0 Å². The van der Waals surface area contributed by atoms with Crippen molar-refractivity contribution in [1.29, 1.82) is 0 Å². The fraction of sp³-hybridized carbons (Fsp3) is 0.125. The number of Topliss-reactive ketones (excluding diaryl/α,β-unsaturated/α-hetero) is 1. The van der Waals surface area contributed by atoms with E-state index in [1.807, 2.05) is 24.4 Å². The smallest absolute Gasteiger partial charge is 0.197 e. The Morgan fingerprint density at radius 2 is 1.88 bits per heavy atom. The van der Waals surface area contributed by atoms with Crippen LogP contribution in [0.2, 0.25) is 0 Å². The van der Waals surface area contributed by atoms with Crippen molar-refractivity contribution in [3.63, 3.8) is 0 Å². The lowest BCUT2D eigenvalue weighted by Gasteiger charge is -2.06. The van der Waals surface area contributed by atoms with E-state index in [9.17, 15) is 9.18 Å². The number of hydrogen-bond acceptors (Lipinski definition) is 5. The molecule has 0 saturated carbocycles. The van der Waals surface area contributed by atoms with Gasteiger partial charge in [-0.3, -0.25) is 4.79 Å². The molecule has 3 aromatic heterocycles. The molecule has 0 radical (unpaired) electrons. The van der Waals surface area contributed by atoms with Crippen LogP contribution in [0.4, 0.5) is 4.39 Å². The van der Waals surface area contributed by atoms with E-state index in [1.165, 1.54) is 30.8 Å². The summed E-state index contributed by atoms with van der Waals surface area (Å²) >= 11 is 1.31. The number of rotatable bonds is 7. The average molecular weight is 447 g/mol. The molecule has 0 aliphatic carbocycles. The van der Waals surface area contributed by atoms with Crippen molar-refractivity contribution in [3.05, 3.63) is 78.2 Å². The summed E-state index contributed by atoms with van der Waals surface area (Å²) in [6, 6.07) is 18.5. The average Bonchev–Trinajstić information content (AvgIpc) is 3.53. The van der Waals surface area contributed by atoms with Crippen molar-refractivity contribution in [1.82, 2.24) is 19.7 Å². The number of thioether (sulfide) groups is 1. The lowest BCUT2D eigenvalue weighted by Crippen LogP contribution is -1.97. The Balaban J connectivity index is 1.36. The summed E-state index contributed by atoms with van der Waals surface area (Å²) in [4.78, 5) is 14.2. The van der Waals surface area contributed by atoms with E-state index >= 15 is 0 Å². The SMILES string of the molecule is CC(=O)CSc1nnc(-c2ccc(-c3ccc4c(ccn4Cc4ccc(F)cc4)c3)o2)[nH]1. The number of benzene rings is 2. The van der Waals surface area contributed by atoms with Gasteiger partial charge in [0.2, 0.25) is 0 Å². The Hall–Kier alpha value is -3.65. The summed E-state index contributed by atoms with van der Waals surface area (Å²) in [6.45, 7) is 2.21. The number of carbonyl (C=O) groups is 1. The third-order valence-corrected chi connectivity index (χ3v) is 6.05. The van der Waals surface area contributed by atoms with Crippen LogP contribution in [-0.2, 0) is 11.3 Å². The molecule has 0 spiro atoms. The molecule has 0 atom stereocenters. The van der Waals surface area contributed by atoms with Gasteiger partial charge >= 0.3 is 0 Å². The number of carbonyl (C=O) groups excluding carboxylic acids is 1. The summed E-state index contributed by atoms with van der Waals surface area (Å²) in [5, 5.41) is 9.83. The van der Waals surface area contributed by atoms with Crippen LogP contribution >= 0.6 is 11.8 Å². The molecule has 5 aromatic rings. The van der Waals surface area contributed by atoms with E-state index in [4.69, 9.17) is 4.42 Å². The van der Waals surface area contributed by atoms with Gasteiger partial charge in [-0.2, -0.15) is 0 Å². The molecule has 1 N–H and O–H groups in total. The summed E-state index contributed by atoms with van der Waals surface area (Å²) in [6.07, 6.45) is 2.03. The van der Waals surface area contributed by atoms with Gasteiger partial charge < -0.3 is 14.0 Å². The van der Waals surface area contributed by atoms with Crippen molar-refractivity contribution in [3.8, 4) is 22.9 Å². The van der Waals surface area contributed by atoms with Crippen molar-refractivity contribution in [2.45, 2.75) is 18.6 Å². The van der Waals surface area contributed by atoms with Crippen LogP contribution in [0.5, 0.6) is 0 Å². The molecule has 6 nitrogen and oxygen atoms in total. The van der Waals surface area contributed by atoms with E-state index in [-0.39, 0.29) is 11.6 Å². The second-order valence-corrected chi connectivity index (χ2v) is 8.44. The Bertz CT molecular complexity index is 1400. The Labute approximate surface area is 187 Å². The van der Waals surface area contributed by atoms with Crippen LogP contribution in [0.3, 0.4) is 0 Å². The number of nitrogens with zero attached hydrogens (tertiary/aromatic N) is 3. The third-order valence-electron chi connectivity index (χ3n) is 5.04. The van der Waals surface area contributed by atoms with Crippen molar-refractivity contribution < 1.29 is 13.6 Å². The van der Waals surface area contributed by atoms with E-state index in [1.54, 1.807) is 12.1 Å². The van der Waals surface area contributed by atoms with E-state index in [0.29, 0.717) is 29.0 Å². The van der Waals surface area contributed by atoms with Gasteiger partial charge in [0, 0.05) is 29.2 Å². The normalized spacial score (nSPS) is 11.3. The Morgan fingerprint density at radius 3 is 2.69 bits per heavy atom. The van der Waals surface area contributed by atoms with Gasteiger partial charge in [0.15, 0.2) is 16.7 Å². The molecular weight excluding hydrogens is 427 g/mol. The number of ketones is 1. The highest BCUT2D eigenvalue weighted by Crippen LogP contribution is 2.30. The van der Waals surface area contributed by atoms with Gasteiger partial charge in [0.25, 0.3) is 0 Å². The number of furan rings is 1. The van der Waals surface area contributed by atoms with Gasteiger partial charge in [-0.1, -0.05) is 23.9 Å². The quantitative estimate of drug-likeness (QED) is 0.332. The first-order valence-corrected chi connectivity index (χ1v) is 11.0. The predicted octanol–water partition coefficient (Wildman–Crippen LogP) is 5.55. The summed E-state index contributed by atoms with van der Waals surface area (Å²) in [5.41, 5.74) is 3.08. The van der Waals surface area contributed by atoms with Crippen LogP contribution < -0.4 is 0 Å². The standard InChI is InChI=1S/C24H19FN4O2S/c1-15(30)14-32-24-26-23(27-28-24)22-9-8-21(31-22)18-4-7-20-17(12-18)10-11-29(20)13-16-2-5-19(25)6-3-16/h2-12H,13-14H2,1H3,(H,26,27,28). The minimum Gasteiger partial charge on any atom is -0.453 e. The van der Waals surface area contributed by atoms with E-state index in [0.717, 1.165) is 27.8 Å². The maximum atomic E-state index is 13.2. The van der Waals surface area contributed by atoms with Gasteiger partial charge in [0.1, 0.15) is 17.4 Å². The number of H-pyrrole nitrogens is 1. The Kier molecular flexibility index (Phi) is 5.36. The first kappa shape index (κ1) is 20.3. The van der Waals surface area contributed by atoms with Crippen molar-refractivity contribution in [2.24, 2.45) is 0 Å². The zero-order valence-corrected chi connectivity index (χ0v) is 18.0. The highest BCUT2D eigenvalue weighted by molar-refractivity contribution is 7.99. The Morgan fingerprint density at radius 1 is 1.06 bits per heavy atom. The van der Waals surface area contributed by atoms with Crippen LogP contribution in [0.1, 0.15) is 12.5 Å². The number of halogens is 1. The molecule has 0 bridgehead atoms. The molecule has 3 heterocycles. The molecule has 5 rings (SSSR count). The van der Waals surface area contributed by atoms with Crippen LogP contribution in [0.15, 0.2) is 76.4 Å². The molecule has 2 aromatic carbocycles. The number of fused-ring (bicyclic) bond motifs is 1. The highest BCUT2D eigenvalue weighted by Gasteiger charge is 2.13. The molecule has 0 unspecified atom stereocenters. The van der Waals surface area contributed by atoms with Gasteiger partial charge in [-0.25, -0.2) is 4.39 Å². The summed E-state index contributed by atoms with van der Waals surface area (Å²) in [7, 11) is 0. The lowest BCUT2D eigenvalue weighted by atomic mass is 10.1. The van der Waals surface area contributed by atoms with Crippen molar-refractivity contribution >= 4 is 28.4 Å². The van der Waals surface area contributed by atoms with Crippen LogP contribution in [0.25, 0.3) is 33.8 Å². The van der Waals surface area contributed by atoms with Gasteiger partial charge in [-0.15, -0.1) is 10.2 Å². The second kappa shape index (κ2) is 8.47. The summed E-state index contributed by atoms with van der Waals surface area (Å²) in [5.74, 6) is 2.02. The molecule has 32 heavy (non-hydrogen) atoms. The molecule has 0 aliphatic heterocycles. The van der Waals surface area contributed by atoms with Gasteiger partial charge in [0.05, 0.1) is 5.75 Å². The third kappa shape index (κ3) is 4.22. The molecule has 8 heteroatoms. The maximum absolute atomic E-state index is 13.2. The lowest BCUT2D eigenvalue weighted by molar-refractivity contribution is -0.114. The van der Waals surface area contributed by atoms with Crippen LogP contribution in [-0.4, -0.2) is 31.3 Å². The summed E-state index contributed by atoms with van der Waals surface area (Å²) < 4.78 is 21.3. The molecule has 0 fully saturated rings. The maximum Gasteiger partial charge on any atom is 0.197 e. The fourth-order valence-corrected chi connectivity index (χ4v) is 4.10. The fourth-order valence-electron chi connectivity index (χ4n) is 3.49. The first-order valence-electron chi connectivity index (χ1n) is 10.0. The number of aromatic amines is 1. The zero-order valence-electron chi connectivity index (χ0n) is 17.2. The zero-order chi connectivity index (χ0) is 22.1. The van der Waals surface area contributed by atoms with E-state index in [2.05, 4.69) is 37.9 Å². The number of aromatic nitrogens is 4. The molecule has 0 aliphatic rings. The first-order chi connectivity index (χ1) is 15.5.